The van der Waals surface area contributed by atoms with Gasteiger partial charge in [0.2, 0.25) is 0 Å². The highest BCUT2D eigenvalue weighted by Crippen LogP contribution is 2.45. The number of amides is 1. The molecule has 3 N–H and O–H groups in total. The van der Waals surface area contributed by atoms with E-state index < -0.39 is 53.9 Å². The first kappa shape index (κ1) is 26.5. The number of ether oxygens (including phenoxy) is 1. The van der Waals surface area contributed by atoms with Crippen molar-refractivity contribution < 1.29 is 46.1 Å². The number of hydrogen-bond acceptors (Lipinski definition) is 4. The Morgan fingerprint density at radius 2 is 1.30 bits per heavy atom. The summed E-state index contributed by atoms with van der Waals surface area (Å²) in [4.78, 5) is 12.3. The molecular formula is C26H21F6NO4. The van der Waals surface area contributed by atoms with Crippen molar-refractivity contribution in [2.45, 2.75) is 30.5 Å². The molecule has 196 valence electrons. The monoisotopic (exact) mass is 525 g/mol. The van der Waals surface area contributed by atoms with Crippen LogP contribution in [0.3, 0.4) is 0 Å². The minimum atomic E-state index is -5.22. The molecule has 11 heteroatoms. The summed E-state index contributed by atoms with van der Waals surface area (Å²) in [6.07, 6.45) is -16.3. The van der Waals surface area contributed by atoms with Gasteiger partial charge < -0.3 is 20.3 Å². The summed E-state index contributed by atoms with van der Waals surface area (Å²) >= 11 is 0. The molecule has 0 aromatic heterocycles. The maximum Gasteiger partial charge on any atom is 0.416 e. The third-order valence-electron chi connectivity index (χ3n) is 6.18. The normalized spacial score (nSPS) is 15.0. The van der Waals surface area contributed by atoms with Crippen molar-refractivity contribution >= 4 is 6.09 Å². The lowest BCUT2D eigenvalue weighted by atomic mass is 9.92. The average molecular weight is 525 g/mol. The smallest absolute Gasteiger partial charge is 0.416 e. The predicted molar refractivity (Wildman–Crippen MR) is 120 cm³/mol. The lowest BCUT2D eigenvalue weighted by Gasteiger charge is -2.25. The van der Waals surface area contributed by atoms with Gasteiger partial charge in [-0.25, -0.2) is 4.79 Å². The number of nitrogens with one attached hydrogen (secondary N) is 1. The number of halogens is 6. The van der Waals surface area contributed by atoms with Gasteiger partial charge in [0.1, 0.15) is 18.8 Å². The molecule has 5 nitrogen and oxygen atoms in total. The quantitative estimate of drug-likeness (QED) is 0.363. The zero-order chi connectivity index (χ0) is 27.0. The number of aliphatic hydroxyl groups excluding tert-OH is 2. The number of carbonyl (C=O) groups excluding carboxylic acids is 1. The molecule has 0 saturated heterocycles. The highest BCUT2D eigenvalue weighted by molar-refractivity contribution is 5.79. The summed E-state index contributed by atoms with van der Waals surface area (Å²) in [6, 6.07) is 16.4. The van der Waals surface area contributed by atoms with Crippen LogP contribution in [-0.2, 0) is 17.1 Å². The van der Waals surface area contributed by atoms with Gasteiger partial charge in [-0.2, -0.15) is 26.3 Å². The fourth-order valence-electron chi connectivity index (χ4n) is 4.52. The van der Waals surface area contributed by atoms with Gasteiger partial charge in [0.05, 0.1) is 11.1 Å². The molecular weight excluding hydrogens is 504 g/mol. The maximum absolute atomic E-state index is 13.4. The molecule has 3 aromatic rings. The standard InChI is InChI=1S/C26H21F6NO4/c27-25(28,29)19-10-5-11-20(26(30,31)32)22(19)23(35)21(34)12-33-24(36)37-13-18-16-8-3-1-6-14(16)15-7-2-4-9-17(15)18/h1-11,18,21,23,34-35H,12-13H2,(H,33,36). The van der Waals surface area contributed by atoms with E-state index >= 15 is 0 Å². The fourth-order valence-corrected chi connectivity index (χ4v) is 4.52. The van der Waals surface area contributed by atoms with Crippen molar-refractivity contribution in [1.29, 1.82) is 0 Å². The predicted octanol–water partition coefficient (Wildman–Crippen LogP) is 5.66. The largest absolute Gasteiger partial charge is 0.449 e. The number of hydrogen-bond donors (Lipinski definition) is 3. The highest BCUT2D eigenvalue weighted by Gasteiger charge is 2.43. The SMILES string of the molecule is O=C(NCC(O)C(O)c1c(C(F)(F)F)cccc1C(F)(F)F)OCC1c2ccccc2-c2ccccc21. The number of alkyl carbamates (subject to hydrolysis) is 1. The Bertz CT molecular complexity index is 1210. The van der Waals surface area contributed by atoms with Crippen LogP contribution in [0.15, 0.2) is 66.7 Å². The summed E-state index contributed by atoms with van der Waals surface area (Å²) in [5.41, 5.74) is -1.19. The van der Waals surface area contributed by atoms with Crippen molar-refractivity contribution in [3.05, 3.63) is 94.5 Å². The van der Waals surface area contributed by atoms with Crippen LogP contribution in [0.25, 0.3) is 11.1 Å². The summed E-state index contributed by atoms with van der Waals surface area (Å²) in [5.74, 6) is -0.290. The lowest BCUT2D eigenvalue weighted by molar-refractivity contribution is -0.147. The van der Waals surface area contributed by atoms with E-state index in [4.69, 9.17) is 4.74 Å². The minimum Gasteiger partial charge on any atom is -0.449 e. The molecule has 1 aliphatic carbocycles. The highest BCUT2D eigenvalue weighted by atomic mass is 19.4. The first-order valence-corrected chi connectivity index (χ1v) is 11.1. The molecule has 0 heterocycles. The van der Waals surface area contributed by atoms with E-state index in [0.29, 0.717) is 18.2 Å². The third kappa shape index (κ3) is 5.42. The molecule has 37 heavy (non-hydrogen) atoms. The van der Waals surface area contributed by atoms with Gasteiger partial charge in [-0.15, -0.1) is 0 Å². The van der Waals surface area contributed by atoms with Gasteiger partial charge in [-0.3, -0.25) is 0 Å². The van der Waals surface area contributed by atoms with Gasteiger partial charge >= 0.3 is 18.4 Å². The molecule has 3 aromatic carbocycles. The fraction of sp³-hybridized carbons (Fsp3) is 0.269. The number of benzene rings is 3. The van der Waals surface area contributed by atoms with Crippen LogP contribution in [0.1, 0.15) is 39.8 Å². The van der Waals surface area contributed by atoms with Crippen molar-refractivity contribution in [2.75, 3.05) is 13.2 Å². The van der Waals surface area contributed by atoms with Crippen molar-refractivity contribution in [2.24, 2.45) is 0 Å². The number of aliphatic hydroxyl groups is 2. The van der Waals surface area contributed by atoms with E-state index in [1.807, 2.05) is 48.5 Å². The zero-order valence-corrected chi connectivity index (χ0v) is 19.0. The van der Waals surface area contributed by atoms with Crippen LogP contribution in [0.5, 0.6) is 0 Å². The first-order valence-electron chi connectivity index (χ1n) is 11.1. The Hall–Kier alpha value is -3.57. The molecule has 0 saturated carbocycles. The Kier molecular flexibility index (Phi) is 7.20. The average Bonchev–Trinajstić information content (AvgIpc) is 3.17. The summed E-state index contributed by atoms with van der Waals surface area (Å²) in [6.45, 7) is -0.963. The van der Waals surface area contributed by atoms with Crippen LogP contribution in [-0.4, -0.2) is 35.6 Å². The molecule has 0 radical (unpaired) electrons. The Morgan fingerprint density at radius 3 is 1.78 bits per heavy atom. The van der Waals surface area contributed by atoms with Crippen LogP contribution >= 0.6 is 0 Å². The molecule has 0 fully saturated rings. The minimum absolute atomic E-state index is 0.104. The van der Waals surface area contributed by atoms with Gasteiger partial charge in [-0.1, -0.05) is 54.6 Å². The molecule has 4 rings (SSSR count). The second-order valence-corrected chi connectivity index (χ2v) is 8.48. The zero-order valence-electron chi connectivity index (χ0n) is 19.0. The summed E-state index contributed by atoms with van der Waals surface area (Å²) < 4.78 is 85.4. The first-order chi connectivity index (χ1) is 17.4. The number of alkyl halides is 6. The third-order valence-corrected chi connectivity index (χ3v) is 6.18. The van der Waals surface area contributed by atoms with E-state index in [0.717, 1.165) is 22.3 Å². The Labute approximate surface area is 207 Å². The molecule has 0 aliphatic heterocycles. The molecule has 1 aliphatic rings. The van der Waals surface area contributed by atoms with Crippen LogP contribution in [0.4, 0.5) is 31.1 Å². The van der Waals surface area contributed by atoms with Crippen LogP contribution in [0, 0.1) is 0 Å². The van der Waals surface area contributed by atoms with E-state index in [1.165, 1.54) is 0 Å². The van der Waals surface area contributed by atoms with Crippen molar-refractivity contribution in [1.82, 2.24) is 5.32 Å². The van der Waals surface area contributed by atoms with Gasteiger partial charge in [-0.05, 0) is 34.4 Å². The molecule has 2 atom stereocenters. The van der Waals surface area contributed by atoms with Crippen LogP contribution in [0.2, 0.25) is 0 Å². The Balaban J connectivity index is 1.43. The maximum atomic E-state index is 13.4. The van der Waals surface area contributed by atoms with E-state index in [9.17, 15) is 41.4 Å². The number of fused-ring (bicyclic) bond motifs is 3. The Morgan fingerprint density at radius 1 is 0.811 bits per heavy atom. The topological polar surface area (TPSA) is 78.8 Å². The van der Waals surface area contributed by atoms with Gasteiger partial charge in [0.25, 0.3) is 0 Å². The summed E-state index contributed by atoms with van der Waals surface area (Å²) in [7, 11) is 0. The number of rotatable bonds is 6. The summed E-state index contributed by atoms with van der Waals surface area (Å²) in [5, 5.41) is 22.5. The van der Waals surface area contributed by atoms with E-state index in [-0.39, 0.29) is 12.5 Å². The van der Waals surface area contributed by atoms with Crippen LogP contribution < -0.4 is 5.32 Å². The molecule has 0 bridgehead atoms. The second kappa shape index (κ2) is 10.1. The molecule has 0 spiro atoms. The van der Waals surface area contributed by atoms with E-state index in [2.05, 4.69) is 5.32 Å². The van der Waals surface area contributed by atoms with Gasteiger partial charge in [0.15, 0.2) is 0 Å². The van der Waals surface area contributed by atoms with E-state index in [1.54, 1.807) is 0 Å². The lowest BCUT2D eigenvalue weighted by Crippen LogP contribution is -2.37. The second-order valence-electron chi connectivity index (χ2n) is 8.48. The molecule has 2 unspecified atom stereocenters. The van der Waals surface area contributed by atoms with Gasteiger partial charge in [0, 0.05) is 18.0 Å². The van der Waals surface area contributed by atoms with Crippen molar-refractivity contribution in [3.8, 4) is 11.1 Å². The number of carbonyl (C=O) groups is 1. The van der Waals surface area contributed by atoms with Crippen molar-refractivity contribution in [3.63, 3.8) is 0 Å². The molecule has 1 amide bonds.